The number of esters is 2. The zero-order valence-electron chi connectivity index (χ0n) is 15.9. The average molecular weight is 407 g/mol. The molecule has 2 aromatic rings. The molecule has 8 heteroatoms. The van der Waals surface area contributed by atoms with E-state index in [1.807, 2.05) is 18.2 Å². The molecule has 0 amide bonds. The summed E-state index contributed by atoms with van der Waals surface area (Å²) in [6.45, 7) is 2.45. The van der Waals surface area contributed by atoms with E-state index in [4.69, 9.17) is 31.5 Å². The van der Waals surface area contributed by atoms with Gasteiger partial charge in [-0.3, -0.25) is 4.98 Å². The summed E-state index contributed by atoms with van der Waals surface area (Å²) in [7, 11) is 1.26. The lowest BCUT2D eigenvalue weighted by Crippen LogP contribution is -2.20. The van der Waals surface area contributed by atoms with Crippen LogP contribution in [0.1, 0.15) is 44.5 Å². The molecule has 28 heavy (non-hydrogen) atoms. The van der Waals surface area contributed by atoms with Crippen LogP contribution in [0.5, 0.6) is 0 Å². The van der Waals surface area contributed by atoms with Gasteiger partial charge in [-0.1, -0.05) is 29.8 Å². The highest BCUT2D eigenvalue weighted by atomic mass is 35.5. The van der Waals surface area contributed by atoms with Crippen molar-refractivity contribution in [3.63, 3.8) is 0 Å². The summed E-state index contributed by atoms with van der Waals surface area (Å²) in [5.41, 5.74) is 7.39. The van der Waals surface area contributed by atoms with Gasteiger partial charge in [-0.25, -0.2) is 9.59 Å². The fraction of sp³-hybridized carbons (Fsp3) is 0.350. The number of carbonyl (C=O) groups is 2. The second-order valence-corrected chi connectivity index (χ2v) is 6.20. The molecular weight excluding hydrogens is 384 g/mol. The van der Waals surface area contributed by atoms with Crippen LogP contribution in [0.25, 0.3) is 0 Å². The van der Waals surface area contributed by atoms with Crippen LogP contribution in [0.2, 0.25) is 5.02 Å². The Bertz CT molecular complexity index is 841. The summed E-state index contributed by atoms with van der Waals surface area (Å²) in [5.74, 6) is -1.21. The normalized spacial score (nSPS) is 10.6. The zero-order chi connectivity index (χ0) is 20.5. The number of hydrogen-bond donors (Lipinski definition) is 1. The number of benzene rings is 1. The highest BCUT2D eigenvalue weighted by Crippen LogP contribution is 2.25. The Kier molecular flexibility index (Phi) is 8.38. The summed E-state index contributed by atoms with van der Waals surface area (Å²) in [4.78, 5) is 29.3. The molecule has 0 saturated heterocycles. The fourth-order valence-electron chi connectivity index (χ4n) is 2.69. The van der Waals surface area contributed by atoms with Crippen molar-refractivity contribution in [2.24, 2.45) is 5.73 Å². The first-order valence-corrected chi connectivity index (χ1v) is 9.18. The van der Waals surface area contributed by atoms with E-state index in [9.17, 15) is 9.59 Å². The number of halogens is 1. The molecule has 0 unspecified atom stereocenters. The number of pyridine rings is 1. The highest BCUT2D eigenvalue weighted by molar-refractivity contribution is 6.31. The minimum absolute atomic E-state index is 0.00613. The SMILES string of the molecule is CCOC(=O)c1c(Cc2ccccc2Cl)ncc(C(=O)OC)c1COCCN. The van der Waals surface area contributed by atoms with Crippen LogP contribution in [0, 0.1) is 0 Å². The fourth-order valence-corrected chi connectivity index (χ4v) is 2.89. The lowest BCUT2D eigenvalue weighted by atomic mass is 9.97. The molecule has 1 aromatic heterocycles. The number of ether oxygens (including phenoxy) is 3. The van der Waals surface area contributed by atoms with Crippen LogP contribution in [0.4, 0.5) is 0 Å². The Morgan fingerprint density at radius 2 is 1.96 bits per heavy atom. The summed E-state index contributed by atoms with van der Waals surface area (Å²) >= 11 is 6.26. The predicted molar refractivity (Wildman–Crippen MR) is 105 cm³/mol. The maximum Gasteiger partial charge on any atom is 0.340 e. The first kappa shape index (κ1) is 21.8. The summed E-state index contributed by atoms with van der Waals surface area (Å²) in [5, 5.41) is 0.553. The maximum atomic E-state index is 12.7. The monoisotopic (exact) mass is 406 g/mol. The van der Waals surface area contributed by atoms with Gasteiger partial charge in [-0.15, -0.1) is 0 Å². The largest absolute Gasteiger partial charge is 0.465 e. The number of aromatic nitrogens is 1. The molecule has 0 radical (unpaired) electrons. The van der Waals surface area contributed by atoms with Crippen LogP contribution in [-0.2, 0) is 27.2 Å². The van der Waals surface area contributed by atoms with Crippen LogP contribution in [0.3, 0.4) is 0 Å². The van der Waals surface area contributed by atoms with Crippen molar-refractivity contribution < 1.29 is 23.8 Å². The van der Waals surface area contributed by atoms with Crippen LogP contribution in [0.15, 0.2) is 30.5 Å². The van der Waals surface area contributed by atoms with E-state index >= 15 is 0 Å². The Hall–Kier alpha value is -2.48. The molecule has 7 nitrogen and oxygen atoms in total. The molecule has 150 valence electrons. The Labute approximate surface area is 168 Å². The van der Waals surface area contributed by atoms with E-state index in [1.165, 1.54) is 13.3 Å². The van der Waals surface area contributed by atoms with E-state index in [1.54, 1.807) is 13.0 Å². The minimum Gasteiger partial charge on any atom is -0.465 e. The Balaban J connectivity index is 2.59. The van der Waals surface area contributed by atoms with E-state index in [2.05, 4.69) is 4.98 Å². The molecule has 0 aliphatic rings. The van der Waals surface area contributed by atoms with E-state index < -0.39 is 11.9 Å². The molecule has 0 bridgehead atoms. The van der Waals surface area contributed by atoms with Crippen molar-refractivity contribution >= 4 is 23.5 Å². The first-order chi connectivity index (χ1) is 13.5. The van der Waals surface area contributed by atoms with Gasteiger partial charge >= 0.3 is 11.9 Å². The minimum atomic E-state index is -0.617. The summed E-state index contributed by atoms with van der Waals surface area (Å²) < 4.78 is 15.5. The average Bonchev–Trinajstić information content (AvgIpc) is 2.69. The molecular formula is C20H23ClN2O5. The third-order valence-electron chi connectivity index (χ3n) is 3.97. The zero-order valence-corrected chi connectivity index (χ0v) is 16.6. The van der Waals surface area contributed by atoms with Gasteiger partial charge in [0.25, 0.3) is 0 Å². The summed E-state index contributed by atoms with van der Waals surface area (Å²) in [6.07, 6.45) is 1.67. The van der Waals surface area contributed by atoms with Gasteiger partial charge in [0.05, 0.1) is 43.8 Å². The van der Waals surface area contributed by atoms with Gasteiger partial charge in [0, 0.05) is 29.7 Å². The number of nitrogens with two attached hydrogens (primary N) is 1. The van der Waals surface area contributed by atoms with Crippen molar-refractivity contribution in [3.8, 4) is 0 Å². The predicted octanol–water partition coefficient (Wildman–Crippen LogP) is 2.76. The van der Waals surface area contributed by atoms with Gasteiger partial charge in [-0.2, -0.15) is 0 Å². The second kappa shape index (κ2) is 10.8. The molecule has 1 heterocycles. The van der Waals surface area contributed by atoms with Crippen molar-refractivity contribution in [1.82, 2.24) is 4.98 Å². The van der Waals surface area contributed by atoms with Gasteiger partial charge in [0.2, 0.25) is 0 Å². The quantitative estimate of drug-likeness (QED) is 0.504. The number of methoxy groups -OCH3 is 1. The van der Waals surface area contributed by atoms with E-state index in [-0.39, 0.29) is 30.9 Å². The summed E-state index contributed by atoms with van der Waals surface area (Å²) in [6, 6.07) is 7.27. The number of hydrogen-bond acceptors (Lipinski definition) is 7. The van der Waals surface area contributed by atoms with Gasteiger partial charge in [-0.05, 0) is 18.6 Å². The van der Waals surface area contributed by atoms with Crippen LogP contribution >= 0.6 is 11.6 Å². The molecule has 0 aliphatic carbocycles. The molecule has 0 aliphatic heterocycles. The van der Waals surface area contributed by atoms with Crippen molar-refractivity contribution in [3.05, 3.63) is 63.4 Å². The lowest BCUT2D eigenvalue weighted by Gasteiger charge is -2.17. The molecule has 0 spiro atoms. The molecule has 1 aromatic carbocycles. The van der Waals surface area contributed by atoms with E-state index in [0.717, 1.165) is 5.56 Å². The maximum absolute atomic E-state index is 12.7. The highest BCUT2D eigenvalue weighted by Gasteiger charge is 2.26. The Morgan fingerprint density at radius 1 is 1.21 bits per heavy atom. The third-order valence-corrected chi connectivity index (χ3v) is 4.34. The van der Waals surface area contributed by atoms with Crippen molar-refractivity contribution in [2.75, 3.05) is 26.9 Å². The number of rotatable bonds is 9. The first-order valence-electron chi connectivity index (χ1n) is 8.80. The third kappa shape index (κ3) is 5.28. The van der Waals surface area contributed by atoms with Crippen LogP contribution < -0.4 is 5.73 Å². The smallest absolute Gasteiger partial charge is 0.340 e. The molecule has 0 saturated carbocycles. The molecule has 2 N–H and O–H groups in total. The van der Waals surface area contributed by atoms with Gasteiger partial charge in [0.1, 0.15) is 0 Å². The second-order valence-electron chi connectivity index (χ2n) is 5.79. The lowest BCUT2D eigenvalue weighted by molar-refractivity contribution is 0.0516. The topological polar surface area (TPSA) is 101 Å². The number of carbonyl (C=O) groups excluding carboxylic acids is 2. The molecule has 2 rings (SSSR count). The molecule has 0 fully saturated rings. The molecule has 0 atom stereocenters. The van der Waals surface area contributed by atoms with E-state index in [0.29, 0.717) is 29.2 Å². The van der Waals surface area contributed by atoms with Crippen molar-refractivity contribution in [2.45, 2.75) is 20.0 Å². The van der Waals surface area contributed by atoms with Crippen molar-refractivity contribution in [1.29, 1.82) is 0 Å². The van der Waals surface area contributed by atoms with Gasteiger partial charge < -0.3 is 19.9 Å². The number of nitrogens with zero attached hydrogens (tertiary/aromatic N) is 1. The standard InChI is InChI=1S/C20H23ClN2O5/c1-3-28-20(25)18-15(12-27-9-8-22)14(19(24)26-2)11-23-17(18)10-13-6-4-5-7-16(13)21/h4-7,11H,3,8-10,12,22H2,1-2H3. The van der Waals surface area contributed by atoms with Crippen LogP contribution in [-0.4, -0.2) is 43.8 Å². The Morgan fingerprint density at radius 3 is 2.61 bits per heavy atom. The van der Waals surface area contributed by atoms with Gasteiger partial charge in [0.15, 0.2) is 0 Å².